The van der Waals surface area contributed by atoms with Gasteiger partial charge in [0, 0.05) is 30.4 Å². The molecular weight excluding hydrogens is 240 g/mol. The van der Waals surface area contributed by atoms with Gasteiger partial charge in [-0.3, -0.25) is 0 Å². The molecule has 2 heterocycles. The Morgan fingerprint density at radius 1 is 1.47 bits per heavy atom. The van der Waals surface area contributed by atoms with Crippen LogP contribution in [-0.2, 0) is 13.1 Å². The average Bonchev–Trinajstić information content (AvgIpc) is 2.97. The molecule has 102 valence electrons. The zero-order valence-electron chi connectivity index (χ0n) is 11.5. The molecule has 0 unspecified atom stereocenters. The molecule has 1 saturated carbocycles. The highest BCUT2D eigenvalue weighted by molar-refractivity contribution is 5.09. The molecule has 5 nitrogen and oxygen atoms in total. The molecule has 0 aliphatic heterocycles. The fourth-order valence-electron chi connectivity index (χ4n) is 2.06. The molecule has 0 radical (unpaired) electrons. The summed E-state index contributed by atoms with van der Waals surface area (Å²) in [5, 5.41) is 7.47. The summed E-state index contributed by atoms with van der Waals surface area (Å²) >= 11 is 0. The number of hydrogen-bond donors (Lipinski definition) is 1. The maximum atomic E-state index is 5.32. The first-order valence-corrected chi connectivity index (χ1v) is 6.92. The van der Waals surface area contributed by atoms with Crippen molar-refractivity contribution < 1.29 is 4.52 Å². The molecule has 1 N–H and O–H groups in total. The van der Waals surface area contributed by atoms with Gasteiger partial charge in [0.2, 0.25) is 5.89 Å². The predicted molar refractivity (Wildman–Crippen MR) is 71.8 cm³/mol. The molecule has 5 heteroatoms. The lowest BCUT2D eigenvalue weighted by atomic mass is 10.3. The van der Waals surface area contributed by atoms with Crippen molar-refractivity contribution in [3.63, 3.8) is 0 Å². The van der Waals surface area contributed by atoms with Crippen molar-refractivity contribution >= 4 is 0 Å². The Kier molecular flexibility index (Phi) is 3.38. The van der Waals surface area contributed by atoms with Crippen LogP contribution in [0.3, 0.4) is 0 Å². The van der Waals surface area contributed by atoms with Crippen molar-refractivity contribution in [1.29, 1.82) is 0 Å². The van der Waals surface area contributed by atoms with E-state index in [1.165, 1.54) is 18.5 Å². The number of aromatic nitrogens is 3. The Hall–Kier alpha value is -1.62. The molecule has 19 heavy (non-hydrogen) atoms. The smallest absolute Gasteiger partial charge is 0.246 e. The SMILES string of the molecule is CC(C)NCc1cccn1Cc1nc(C2CC2)no1. The normalized spacial score (nSPS) is 15.3. The molecule has 0 bridgehead atoms. The fraction of sp³-hybridized carbons (Fsp3) is 0.571. The minimum atomic E-state index is 0.480. The third-order valence-corrected chi connectivity index (χ3v) is 3.35. The lowest BCUT2D eigenvalue weighted by Crippen LogP contribution is -2.23. The second-order valence-corrected chi connectivity index (χ2v) is 5.48. The first-order valence-electron chi connectivity index (χ1n) is 6.92. The van der Waals surface area contributed by atoms with Crippen molar-refractivity contribution in [3.05, 3.63) is 35.7 Å². The summed E-state index contributed by atoms with van der Waals surface area (Å²) in [6.45, 7) is 5.80. The highest BCUT2D eigenvalue weighted by Crippen LogP contribution is 2.38. The van der Waals surface area contributed by atoms with E-state index in [0.717, 1.165) is 12.4 Å². The third-order valence-electron chi connectivity index (χ3n) is 3.35. The average molecular weight is 260 g/mol. The van der Waals surface area contributed by atoms with Gasteiger partial charge in [-0.1, -0.05) is 19.0 Å². The van der Waals surface area contributed by atoms with Crippen molar-refractivity contribution in [1.82, 2.24) is 20.0 Å². The van der Waals surface area contributed by atoms with Crippen LogP contribution in [-0.4, -0.2) is 20.7 Å². The molecular formula is C14H20N4O. The molecule has 1 fully saturated rings. The summed E-state index contributed by atoms with van der Waals surface area (Å²) < 4.78 is 7.47. The number of nitrogens with one attached hydrogen (secondary N) is 1. The minimum Gasteiger partial charge on any atom is -0.341 e. The van der Waals surface area contributed by atoms with E-state index >= 15 is 0 Å². The van der Waals surface area contributed by atoms with Crippen LogP contribution >= 0.6 is 0 Å². The Balaban J connectivity index is 1.66. The Bertz CT molecular complexity index is 539. The second kappa shape index (κ2) is 5.17. The van der Waals surface area contributed by atoms with Gasteiger partial charge in [0.15, 0.2) is 5.82 Å². The van der Waals surface area contributed by atoms with Crippen LogP contribution in [0.2, 0.25) is 0 Å². The first kappa shape index (κ1) is 12.4. The van der Waals surface area contributed by atoms with E-state index in [0.29, 0.717) is 24.4 Å². The van der Waals surface area contributed by atoms with Gasteiger partial charge >= 0.3 is 0 Å². The Labute approximate surface area is 113 Å². The second-order valence-electron chi connectivity index (χ2n) is 5.48. The largest absolute Gasteiger partial charge is 0.341 e. The van der Waals surface area contributed by atoms with Gasteiger partial charge in [-0.25, -0.2) is 0 Å². The van der Waals surface area contributed by atoms with Crippen LogP contribution in [0.1, 0.15) is 50.0 Å². The summed E-state index contributed by atoms with van der Waals surface area (Å²) in [6, 6.07) is 4.65. The molecule has 0 aromatic carbocycles. The van der Waals surface area contributed by atoms with Crippen LogP contribution in [0.25, 0.3) is 0 Å². The zero-order valence-corrected chi connectivity index (χ0v) is 11.5. The highest BCUT2D eigenvalue weighted by atomic mass is 16.5. The summed E-state index contributed by atoms with van der Waals surface area (Å²) in [5.74, 6) is 2.12. The molecule has 2 aromatic rings. The molecule has 0 atom stereocenters. The van der Waals surface area contributed by atoms with Crippen molar-refractivity contribution in [2.75, 3.05) is 0 Å². The van der Waals surface area contributed by atoms with Crippen molar-refractivity contribution in [2.45, 2.75) is 51.7 Å². The van der Waals surface area contributed by atoms with Gasteiger partial charge < -0.3 is 14.4 Å². The van der Waals surface area contributed by atoms with E-state index in [2.05, 4.69) is 52.2 Å². The van der Waals surface area contributed by atoms with Crippen molar-refractivity contribution in [2.24, 2.45) is 0 Å². The number of rotatable bonds is 6. The van der Waals surface area contributed by atoms with Gasteiger partial charge in [-0.15, -0.1) is 0 Å². The molecule has 0 spiro atoms. The highest BCUT2D eigenvalue weighted by Gasteiger charge is 2.28. The van der Waals surface area contributed by atoms with E-state index in [-0.39, 0.29) is 0 Å². The van der Waals surface area contributed by atoms with Gasteiger partial charge in [0.1, 0.15) is 6.54 Å². The van der Waals surface area contributed by atoms with E-state index in [1.807, 2.05) is 0 Å². The summed E-state index contributed by atoms with van der Waals surface area (Å²) in [5.41, 5.74) is 1.24. The first-order chi connectivity index (χ1) is 9.22. The van der Waals surface area contributed by atoms with E-state index in [4.69, 9.17) is 4.52 Å². The summed E-state index contributed by atoms with van der Waals surface area (Å²) in [6.07, 6.45) is 4.45. The number of hydrogen-bond acceptors (Lipinski definition) is 4. The van der Waals surface area contributed by atoms with E-state index in [1.54, 1.807) is 0 Å². The van der Waals surface area contributed by atoms with Crippen LogP contribution in [0.4, 0.5) is 0 Å². The molecule has 3 rings (SSSR count). The molecule has 0 saturated heterocycles. The summed E-state index contributed by atoms with van der Waals surface area (Å²) in [4.78, 5) is 4.46. The topological polar surface area (TPSA) is 55.9 Å². The van der Waals surface area contributed by atoms with E-state index < -0.39 is 0 Å². The van der Waals surface area contributed by atoms with Crippen LogP contribution < -0.4 is 5.32 Å². The molecule has 1 aliphatic rings. The monoisotopic (exact) mass is 260 g/mol. The standard InChI is InChI=1S/C14H20N4O/c1-10(2)15-8-12-4-3-7-18(12)9-13-16-14(17-19-13)11-5-6-11/h3-4,7,10-11,15H,5-6,8-9H2,1-2H3. The van der Waals surface area contributed by atoms with Crippen molar-refractivity contribution in [3.8, 4) is 0 Å². The molecule has 2 aromatic heterocycles. The van der Waals surface area contributed by atoms with E-state index in [9.17, 15) is 0 Å². The number of nitrogens with zero attached hydrogens (tertiary/aromatic N) is 3. The zero-order chi connectivity index (χ0) is 13.2. The minimum absolute atomic E-state index is 0.480. The maximum Gasteiger partial charge on any atom is 0.246 e. The predicted octanol–water partition coefficient (Wildman–Crippen LogP) is 2.29. The van der Waals surface area contributed by atoms with Gasteiger partial charge in [0.05, 0.1) is 0 Å². The van der Waals surface area contributed by atoms with Crippen LogP contribution in [0, 0.1) is 0 Å². The maximum absolute atomic E-state index is 5.32. The van der Waals surface area contributed by atoms with Gasteiger partial charge in [0.25, 0.3) is 0 Å². The lowest BCUT2D eigenvalue weighted by molar-refractivity contribution is 0.364. The lowest BCUT2D eigenvalue weighted by Gasteiger charge is -2.10. The summed E-state index contributed by atoms with van der Waals surface area (Å²) in [7, 11) is 0. The third kappa shape index (κ3) is 3.04. The van der Waals surface area contributed by atoms with Gasteiger partial charge in [-0.05, 0) is 25.0 Å². The van der Waals surface area contributed by atoms with Crippen LogP contribution in [0.15, 0.2) is 22.9 Å². The van der Waals surface area contributed by atoms with Crippen LogP contribution in [0.5, 0.6) is 0 Å². The Morgan fingerprint density at radius 3 is 3.05 bits per heavy atom. The van der Waals surface area contributed by atoms with Gasteiger partial charge in [-0.2, -0.15) is 4.98 Å². The molecule has 1 aliphatic carbocycles. The fourth-order valence-corrected chi connectivity index (χ4v) is 2.06. The Morgan fingerprint density at radius 2 is 2.32 bits per heavy atom. The quantitative estimate of drug-likeness (QED) is 0.866. The molecule has 0 amide bonds.